The van der Waals surface area contributed by atoms with Gasteiger partial charge in [0.05, 0.1) is 41.6 Å². The monoisotopic (exact) mass is 529 g/mol. The summed E-state index contributed by atoms with van der Waals surface area (Å²) in [5, 5.41) is 10.0. The van der Waals surface area contributed by atoms with Gasteiger partial charge in [-0.15, -0.1) is 0 Å². The highest BCUT2D eigenvalue weighted by molar-refractivity contribution is 6.04. The van der Waals surface area contributed by atoms with Gasteiger partial charge in [0.2, 0.25) is 17.7 Å². The summed E-state index contributed by atoms with van der Waals surface area (Å²) in [5.41, 5.74) is 4.13. The fraction of sp³-hybridized carbons (Fsp3) is 0.321. The van der Waals surface area contributed by atoms with Crippen LogP contribution in [0.2, 0.25) is 0 Å². The van der Waals surface area contributed by atoms with Crippen LogP contribution in [0.1, 0.15) is 35.3 Å². The van der Waals surface area contributed by atoms with E-state index in [1.807, 2.05) is 36.7 Å². The number of fused-ring (bicyclic) bond motifs is 7. The number of hydrogen-bond donors (Lipinski definition) is 2. The van der Waals surface area contributed by atoms with Crippen molar-refractivity contribution < 1.29 is 19.1 Å². The lowest BCUT2D eigenvalue weighted by Crippen LogP contribution is -2.26. The van der Waals surface area contributed by atoms with E-state index in [4.69, 9.17) is 14.5 Å². The van der Waals surface area contributed by atoms with Crippen LogP contribution in [0.5, 0.6) is 11.6 Å². The van der Waals surface area contributed by atoms with Crippen LogP contribution in [0.25, 0.3) is 22.3 Å². The first-order valence-corrected chi connectivity index (χ1v) is 12.9. The number of aromatic nitrogens is 5. The highest BCUT2D eigenvalue weighted by Gasteiger charge is 2.20. The molecule has 0 atom stereocenters. The second-order valence-electron chi connectivity index (χ2n) is 9.31. The van der Waals surface area contributed by atoms with Gasteiger partial charge in [-0.1, -0.05) is 6.58 Å². The number of nitrogens with zero attached hydrogens (tertiary/aromatic N) is 5. The molecule has 0 saturated carbocycles. The number of ether oxygens (including phenoxy) is 2. The van der Waals surface area contributed by atoms with Crippen molar-refractivity contribution in [2.75, 3.05) is 25.1 Å². The molecule has 0 unspecified atom stereocenters. The maximum Gasteiger partial charge on any atom is 0.258 e. The third-order valence-corrected chi connectivity index (χ3v) is 6.44. The van der Waals surface area contributed by atoms with Crippen LogP contribution in [0.3, 0.4) is 0 Å². The molecule has 39 heavy (non-hydrogen) atoms. The molecular weight excluding hydrogens is 498 g/mol. The Morgan fingerprint density at radius 2 is 2.10 bits per heavy atom. The lowest BCUT2D eigenvalue weighted by Gasteiger charge is -2.11. The van der Waals surface area contributed by atoms with Gasteiger partial charge in [-0.2, -0.15) is 5.10 Å². The molecule has 2 bridgehead atoms. The van der Waals surface area contributed by atoms with Gasteiger partial charge in [0, 0.05) is 30.9 Å². The van der Waals surface area contributed by atoms with Gasteiger partial charge in [-0.05, 0) is 56.5 Å². The maximum absolute atomic E-state index is 13.4. The van der Waals surface area contributed by atoms with E-state index < -0.39 is 0 Å². The van der Waals surface area contributed by atoms with E-state index in [0.717, 1.165) is 35.9 Å². The summed E-state index contributed by atoms with van der Waals surface area (Å²) in [6, 6.07) is 9.09. The van der Waals surface area contributed by atoms with Gasteiger partial charge in [-0.3, -0.25) is 19.9 Å². The molecule has 4 heterocycles. The molecular formula is C28H31N7O4. The highest BCUT2D eigenvalue weighted by Crippen LogP contribution is 2.30. The molecule has 0 spiro atoms. The molecule has 202 valence electrons. The van der Waals surface area contributed by atoms with Crippen molar-refractivity contribution in [1.29, 1.82) is 0 Å². The molecule has 4 aromatic rings. The van der Waals surface area contributed by atoms with Crippen molar-refractivity contribution in [3.05, 3.63) is 60.4 Å². The van der Waals surface area contributed by atoms with Crippen LogP contribution in [0.15, 0.2) is 49.2 Å². The van der Waals surface area contributed by atoms with E-state index in [-0.39, 0.29) is 11.8 Å². The molecule has 1 aliphatic rings. The smallest absolute Gasteiger partial charge is 0.258 e. The number of carbonyl (C=O) groups is 2. The first-order chi connectivity index (χ1) is 18.9. The lowest BCUT2D eigenvalue weighted by molar-refractivity contribution is -0.116. The molecule has 3 aromatic heterocycles. The molecule has 0 fully saturated rings. The SMILES string of the molecule is C=CC(=O)NCCOc1ccc2nc3n(c2c1)CCCCCOc1c(cnn1C)-c1cc(cc(C)n1)C(=O)N3. The van der Waals surface area contributed by atoms with Crippen molar-refractivity contribution in [3.8, 4) is 22.9 Å². The third kappa shape index (κ3) is 5.77. The number of amides is 2. The Kier molecular flexibility index (Phi) is 7.57. The van der Waals surface area contributed by atoms with Crippen molar-refractivity contribution in [2.24, 2.45) is 7.05 Å². The normalized spacial score (nSPS) is 13.7. The van der Waals surface area contributed by atoms with E-state index >= 15 is 0 Å². The molecule has 0 radical (unpaired) electrons. The van der Waals surface area contributed by atoms with Crippen LogP contribution in [-0.2, 0) is 18.4 Å². The zero-order valence-electron chi connectivity index (χ0n) is 22.1. The number of rotatable bonds is 5. The number of carbonyl (C=O) groups excluding carboxylic acids is 2. The second-order valence-corrected chi connectivity index (χ2v) is 9.31. The second kappa shape index (κ2) is 11.4. The number of nitrogens with one attached hydrogen (secondary N) is 2. The lowest BCUT2D eigenvalue weighted by atomic mass is 10.1. The minimum atomic E-state index is -0.283. The Hall–Kier alpha value is -4.67. The van der Waals surface area contributed by atoms with Crippen LogP contribution in [-0.4, -0.2) is 55.9 Å². The average molecular weight is 530 g/mol. The Balaban J connectivity index is 1.46. The minimum Gasteiger partial charge on any atom is -0.492 e. The zero-order chi connectivity index (χ0) is 27.4. The van der Waals surface area contributed by atoms with E-state index in [2.05, 4.69) is 27.3 Å². The van der Waals surface area contributed by atoms with Gasteiger partial charge < -0.3 is 19.4 Å². The van der Waals surface area contributed by atoms with E-state index in [0.29, 0.717) is 60.8 Å². The van der Waals surface area contributed by atoms with Gasteiger partial charge in [0.1, 0.15) is 12.4 Å². The topological polar surface area (TPSA) is 125 Å². The van der Waals surface area contributed by atoms with Crippen LogP contribution in [0.4, 0.5) is 5.95 Å². The summed E-state index contributed by atoms with van der Waals surface area (Å²) in [6.45, 7) is 7.16. The van der Waals surface area contributed by atoms with E-state index in [1.165, 1.54) is 6.08 Å². The first-order valence-electron chi connectivity index (χ1n) is 12.9. The molecule has 0 aliphatic carbocycles. The number of anilines is 1. The Labute approximate surface area is 225 Å². The maximum atomic E-state index is 13.4. The number of pyridine rings is 1. The predicted molar refractivity (Wildman–Crippen MR) is 147 cm³/mol. The first kappa shape index (κ1) is 26.0. The Morgan fingerprint density at radius 3 is 2.95 bits per heavy atom. The quantitative estimate of drug-likeness (QED) is 0.299. The Bertz CT molecular complexity index is 1540. The van der Waals surface area contributed by atoms with Gasteiger partial charge in [0.15, 0.2) is 0 Å². The molecule has 11 heteroatoms. The molecule has 0 saturated heterocycles. The molecule has 11 nitrogen and oxygen atoms in total. The summed E-state index contributed by atoms with van der Waals surface area (Å²) >= 11 is 0. The minimum absolute atomic E-state index is 0.245. The predicted octanol–water partition coefficient (Wildman–Crippen LogP) is 3.64. The number of hydrogen-bond acceptors (Lipinski definition) is 7. The fourth-order valence-corrected chi connectivity index (χ4v) is 4.53. The summed E-state index contributed by atoms with van der Waals surface area (Å²) in [5.74, 6) is 1.22. The third-order valence-electron chi connectivity index (χ3n) is 6.44. The molecule has 2 amide bonds. The number of benzene rings is 1. The van der Waals surface area contributed by atoms with E-state index in [9.17, 15) is 9.59 Å². The molecule has 1 aliphatic heterocycles. The summed E-state index contributed by atoms with van der Waals surface area (Å²) in [4.78, 5) is 34.1. The van der Waals surface area contributed by atoms with Gasteiger partial charge in [-0.25, -0.2) is 9.67 Å². The van der Waals surface area contributed by atoms with Gasteiger partial charge >= 0.3 is 0 Å². The molecule has 2 N–H and O–H groups in total. The summed E-state index contributed by atoms with van der Waals surface area (Å²) < 4.78 is 15.6. The van der Waals surface area contributed by atoms with Crippen molar-refractivity contribution in [2.45, 2.75) is 32.7 Å². The van der Waals surface area contributed by atoms with Gasteiger partial charge in [0.25, 0.3) is 5.91 Å². The molecule has 1 aromatic carbocycles. The highest BCUT2D eigenvalue weighted by atomic mass is 16.5. The van der Waals surface area contributed by atoms with Crippen molar-refractivity contribution >= 4 is 28.8 Å². The number of imidazole rings is 1. The fourth-order valence-electron chi connectivity index (χ4n) is 4.53. The summed E-state index contributed by atoms with van der Waals surface area (Å²) in [6.07, 6.45) is 5.58. The molecule has 5 rings (SSSR count). The van der Waals surface area contributed by atoms with Crippen LogP contribution < -0.4 is 20.1 Å². The Morgan fingerprint density at radius 1 is 1.23 bits per heavy atom. The average Bonchev–Trinajstić information content (AvgIpc) is 3.46. The van der Waals surface area contributed by atoms with Crippen LogP contribution >= 0.6 is 0 Å². The number of aryl methyl sites for hydroxylation is 3. The largest absolute Gasteiger partial charge is 0.492 e. The summed E-state index contributed by atoms with van der Waals surface area (Å²) in [7, 11) is 1.83. The standard InChI is InChI=1S/C28H31N7O4/c1-4-25(36)29-10-13-38-20-8-9-22-24(16-20)35-11-6-5-7-12-39-27-21(17-30-34(27)3)23-15-19(14-18(2)31-23)26(37)33-28(35)32-22/h4,8-9,14-17H,1,5-7,10-13H2,2-3H3,(H,29,36)(H,32,33,37). The van der Waals surface area contributed by atoms with Crippen LogP contribution in [0, 0.1) is 6.92 Å². The zero-order valence-corrected chi connectivity index (χ0v) is 22.1. The van der Waals surface area contributed by atoms with Crippen molar-refractivity contribution in [3.63, 3.8) is 0 Å². The van der Waals surface area contributed by atoms with Crippen molar-refractivity contribution in [1.82, 2.24) is 29.6 Å². The van der Waals surface area contributed by atoms with E-state index in [1.54, 1.807) is 23.0 Å².